The summed E-state index contributed by atoms with van der Waals surface area (Å²) in [6.45, 7) is 5.00. The van der Waals surface area contributed by atoms with Gasteiger partial charge in [0.15, 0.2) is 0 Å². The van der Waals surface area contributed by atoms with E-state index in [-0.39, 0.29) is 6.10 Å². The van der Waals surface area contributed by atoms with E-state index in [1.165, 1.54) is 83.5 Å². The lowest BCUT2D eigenvalue weighted by atomic mass is 9.51. The summed E-state index contributed by atoms with van der Waals surface area (Å²) >= 11 is 0. The summed E-state index contributed by atoms with van der Waals surface area (Å²) in [6, 6.07) is 0. The molecule has 0 spiro atoms. The normalized spacial score (nSPS) is 43.6. The molecule has 0 bridgehead atoms. The highest BCUT2D eigenvalue weighted by Gasteiger charge is 2.55. The van der Waals surface area contributed by atoms with Crippen LogP contribution in [0.25, 0.3) is 0 Å². The highest BCUT2D eigenvalue weighted by atomic mass is 16.3. The molecule has 4 aliphatic carbocycles. The minimum absolute atomic E-state index is 0.0499. The molecular formula is C26H44O. The van der Waals surface area contributed by atoms with Gasteiger partial charge in [-0.3, -0.25) is 0 Å². The van der Waals surface area contributed by atoms with Crippen LogP contribution in [-0.4, -0.2) is 11.2 Å². The Kier molecular flexibility index (Phi) is 6.37. The van der Waals surface area contributed by atoms with Crippen LogP contribution in [0.3, 0.4) is 0 Å². The van der Waals surface area contributed by atoms with E-state index in [1.54, 1.807) is 5.57 Å². The predicted molar refractivity (Wildman–Crippen MR) is 115 cm³/mol. The van der Waals surface area contributed by atoms with E-state index >= 15 is 0 Å². The summed E-state index contributed by atoms with van der Waals surface area (Å²) in [6.07, 6.45) is 23.3. The van der Waals surface area contributed by atoms with E-state index in [4.69, 9.17) is 0 Å². The molecule has 4 unspecified atom stereocenters. The maximum absolute atomic E-state index is 10.1. The number of aliphatic hydroxyl groups excluding tert-OH is 1. The molecule has 7 atom stereocenters. The van der Waals surface area contributed by atoms with Gasteiger partial charge in [0, 0.05) is 0 Å². The fraction of sp³-hybridized carbons (Fsp3) is 0.923. The second-order valence-corrected chi connectivity index (χ2v) is 10.9. The molecule has 3 fully saturated rings. The van der Waals surface area contributed by atoms with E-state index in [0.29, 0.717) is 5.41 Å². The summed E-state index contributed by atoms with van der Waals surface area (Å²) in [4.78, 5) is 0. The fourth-order valence-corrected chi connectivity index (χ4v) is 8.00. The third-order valence-electron chi connectivity index (χ3n) is 9.52. The molecule has 0 aliphatic heterocycles. The highest BCUT2D eigenvalue weighted by Crippen LogP contribution is 2.64. The Morgan fingerprint density at radius 3 is 2.63 bits per heavy atom. The first-order valence-electron chi connectivity index (χ1n) is 12.5. The van der Waals surface area contributed by atoms with Crippen molar-refractivity contribution in [3.05, 3.63) is 11.6 Å². The minimum atomic E-state index is -0.0499. The molecule has 0 aromatic carbocycles. The van der Waals surface area contributed by atoms with Crippen LogP contribution in [0.15, 0.2) is 11.6 Å². The lowest BCUT2D eigenvalue weighted by molar-refractivity contribution is -0.0200. The van der Waals surface area contributed by atoms with Gasteiger partial charge in [0.25, 0.3) is 0 Å². The maximum atomic E-state index is 10.1. The van der Waals surface area contributed by atoms with E-state index < -0.39 is 0 Å². The van der Waals surface area contributed by atoms with Crippen LogP contribution in [0.1, 0.15) is 110 Å². The van der Waals surface area contributed by atoms with Gasteiger partial charge in [0.2, 0.25) is 0 Å². The average molecular weight is 373 g/mol. The first-order chi connectivity index (χ1) is 13.1. The van der Waals surface area contributed by atoms with Crippen LogP contribution in [0.2, 0.25) is 0 Å². The third kappa shape index (κ3) is 3.92. The van der Waals surface area contributed by atoms with E-state index in [9.17, 15) is 5.11 Å². The second-order valence-electron chi connectivity index (χ2n) is 10.9. The molecule has 1 heteroatoms. The van der Waals surface area contributed by atoms with Gasteiger partial charge in [-0.2, -0.15) is 0 Å². The largest absolute Gasteiger partial charge is 0.393 e. The topological polar surface area (TPSA) is 20.2 Å². The summed E-state index contributed by atoms with van der Waals surface area (Å²) in [7, 11) is 0. The maximum Gasteiger partial charge on any atom is 0.0577 e. The van der Waals surface area contributed by atoms with Crippen molar-refractivity contribution in [2.75, 3.05) is 0 Å². The number of hydrogen-bond donors (Lipinski definition) is 1. The highest BCUT2D eigenvalue weighted by molar-refractivity contribution is 5.20. The Hall–Kier alpha value is -0.300. The van der Waals surface area contributed by atoms with Gasteiger partial charge in [0.05, 0.1) is 6.10 Å². The lowest BCUT2D eigenvalue weighted by Crippen LogP contribution is -2.46. The van der Waals surface area contributed by atoms with Crippen molar-refractivity contribution in [3.8, 4) is 0 Å². The van der Waals surface area contributed by atoms with Gasteiger partial charge in [0.1, 0.15) is 0 Å². The number of hydrogen-bond acceptors (Lipinski definition) is 1. The van der Waals surface area contributed by atoms with E-state index in [1.807, 2.05) is 0 Å². The van der Waals surface area contributed by atoms with E-state index in [2.05, 4.69) is 19.9 Å². The number of allylic oxidation sites excluding steroid dienone is 1. The van der Waals surface area contributed by atoms with Crippen LogP contribution >= 0.6 is 0 Å². The predicted octanol–water partition coefficient (Wildman–Crippen LogP) is 7.29. The quantitative estimate of drug-likeness (QED) is 0.367. The van der Waals surface area contributed by atoms with Crippen molar-refractivity contribution in [1.29, 1.82) is 0 Å². The molecule has 0 aromatic heterocycles. The average Bonchev–Trinajstić information content (AvgIpc) is 3.00. The molecule has 1 N–H and O–H groups in total. The van der Waals surface area contributed by atoms with Crippen molar-refractivity contribution >= 4 is 0 Å². The molecule has 0 radical (unpaired) electrons. The van der Waals surface area contributed by atoms with Crippen molar-refractivity contribution in [3.63, 3.8) is 0 Å². The number of aliphatic hydroxyl groups is 1. The zero-order valence-electron chi connectivity index (χ0n) is 18.1. The first-order valence-corrected chi connectivity index (χ1v) is 12.5. The van der Waals surface area contributed by atoms with Crippen molar-refractivity contribution < 1.29 is 5.11 Å². The molecule has 1 nitrogen and oxygen atoms in total. The van der Waals surface area contributed by atoms with Gasteiger partial charge in [-0.15, -0.1) is 0 Å². The zero-order chi connectivity index (χ0) is 18.9. The monoisotopic (exact) mass is 372 g/mol. The molecule has 4 aliphatic rings. The lowest BCUT2D eigenvalue weighted by Gasteiger charge is -2.54. The van der Waals surface area contributed by atoms with Crippen molar-refractivity contribution in [2.24, 2.45) is 35.0 Å². The van der Waals surface area contributed by atoms with Gasteiger partial charge < -0.3 is 5.11 Å². The molecular weight excluding hydrogens is 328 g/mol. The Bertz CT molecular complexity index is 522. The van der Waals surface area contributed by atoms with Gasteiger partial charge in [-0.1, -0.05) is 64.0 Å². The van der Waals surface area contributed by atoms with Crippen LogP contribution in [0, 0.1) is 35.0 Å². The standard InChI is InChI=1S/C26H44O/c1-3-4-5-6-7-8-9-20-11-15-25-24-13-10-19-18-21(27)12-14-22(19)23(24)16-17-26(20,25)2/h10,20-25,27H,3-9,11-18H2,1-2H3/t20-,21-,22?,23?,24?,25?,26+/m0/s1. The van der Waals surface area contributed by atoms with Gasteiger partial charge in [-0.25, -0.2) is 0 Å². The van der Waals surface area contributed by atoms with Crippen LogP contribution in [0.4, 0.5) is 0 Å². The van der Waals surface area contributed by atoms with Crippen LogP contribution in [-0.2, 0) is 0 Å². The minimum Gasteiger partial charge on any atom is -0.393 e. The number of unbranched alkanes of at least 4 members (excludes halogenated alkanes) is 5. The summed E-state index contributed by atoms with van der Waals surface area (Å²) in [5.74, 6) is 4.74. The Morgan fingerprint density at radius 2 is 1.78 bits per heavy atom. The first kappa shape index (κ1) is 20.0. The van der Waals surface area contributed by atoms with Crippen molar-refractivity contribution in [2.45, 2.75) is 116 Å². The Morgan fingerprint density at radius 1 is 0.963 bits per heavy atom. The van der Waals surface area contributed by atoms with Gasteiger partial charge in [-0.05, 0) is 92.8 Å². The summed E-state index contributed by atoms with van der Waals surface area (Å²) in [5.41, 5.74) is 2.28. The molecule has 154 valence electrons. The SMILES string of the molecule is CCCCCCCC[C@H]1CCC2C3CC=C4C[C@@H](O)CCC4C3CC[C@@]21C. The Balaban J connectivity index is 1.35. The fourth-order valence-electron chi connectivity index (χ4n) is 8.00. The number of rotatable bonds is 7. The number of fused-ring (bicyclic) bond motifs is 5. The van der Waals surface area contributed by atoms with Gasteiger partial charge >= 0.3 is 0 Å². The summed E-state index contributed by atoms with van der Waals surface area (Å²) in [5, 5.41) is 10.1. The molecule has 0 saturated heterocycles. The van der Waals surface area contributed by atoms with Crippen molar-refractivity contribution in [1.82, 2.24) is 0 Å². The smallest absolute Gasteiger partial charge is 0.0577 e. The molecule has 27 heavy (non-hydrogen) atoms. The Labute approximate surface area is 168 Å². The van der Waals surface area contributed by atoms with Crippen LogP contribution in [0.5, 0.6) is 0 Å². The molecule has 0 amide bonds. The summed E-state index contributed by atoms with van der Waals surface area (Å²) < 4.78 is 0. The zero-order valence-corrected chi connectivity index (χ0v) is 18.1. The third-order valence-corrected chi connectivity index (χ3v) is 9.52. The molecule has 0 heterocycles. The van der Waals surface area contributed by atoms with Crippen LogP contribution < -0.4 is 0 Å². The second kappa shape index (κ2) is 8.60. The molecule has 4 rings (SSSR count). The molecule has 0 aromatic rings. The molecule has 3 saturated carbocycles. The van der Waals surface area contributed by atoms with E-state index in [0.717, 1.165) is 42.4 Å².